The van der Waals surface area contributed by atoms with Gasteiger partial charge in [-0.15, -0.1) is 0 Å². The van der Waals surface area contributed by atoms with Crippen LogP contribution >= 0.6 is 0 Å². The highest BCUT2D eigenvalue weighted by atomic mass is 16.5. The van der Waals surface area contributed by atoms with Crippen molar-refractivity contribution in [3.05, 3.63) is 42.1 Å². The molecule has 2 saturated heterocycles. The van der Waals surface area contributed by atoms with E-state index in [1.807, 2.05) is 12.1 Å². The second-order valence-corrected chi connectivity index (χ2v) is 7.47. The van der Waals surface area contributed by atoms with Crippen LogP contribution in [0.2, 0.25) is 0 Å². The summed E-state index contributed by atoms with van der Waals surface area (Å²) in [5.41, 5.74) is 2.55. The summed E-state index contributed by atoms with van der Waals surface area (Å²) in [5, 5.41) is 17.9. The van der Waals surface area contributed by atoms with Crippen LogP contribution in [0.3, 0.4) is 0 Å². The highest BCUT2D eigenvalue weighted by Gasteiger charge is 2.15. The van der Waals surface area contributed by atoms with E-state index in [-0.39, 0.29) is 5.75 Å². The van der Waals surface area contributed by atoms with Gasteiger partial charge in [-0.1, -0.05) is 0 Å². The lowest BCUT2D eigenvalue weighted by Crippen LogP contribution is -2.38. The Balaban J connectivity index is 1.42. The highest BCUT2D eigenvalue weighted by Crippen LogP contribution is 2.23. The SMILES string of the molecule is Oc1ccc(N=NCc2cc(N3CCOCC3)cc(OCCN3CCOCC3)n2)cc1. The number of aromatic nitrogens is 1. The Labute approximate surface area is 182 Å². The largest absolute Gasteiger partial charge is 0.508 e. The zero-order valence-corrected chi connectivity index (χ0v) is 17.7. The molecule has 9 nitrogen and oxygen atoms in total. The van der Waals surface area contributed by atoms with Gasteiger partial charge in [0.15, 0.2) is 0 Å². The van der Waals surface area contributed by atoms with Gasteiger partial charge in [-0.2, -0.15) is 10.2 Å². The van der Waals surface area contributed by atoms with Gasteiger partial charge in [-0.3, -0.25) is 4.90 Å². The molecule has 3 heterocycles. The van der Waals surface area contributed by atoms with Gasteiger partial charge in [0, 0.05) is 44.5 Å². The van der Waals surface area contributed by atoms with Gasteiger partial charge in [-0.25, -0.2) is 4.98 Å². The number of hydrogen-bond acceptors (Lipinski definition) is 9. The molecule has 0 radical (unpaired) electrons. The van der Waals surface area contributed by atoms with Crippen molar-refractivity contribution < 1.29 is 19.3 Å². The minimum absolute atomic E-state index is 0.206. The first-order chi connectivity index (χ1) is 15.3. The van der Waals surface area contributed by atoms with Crippen molar-refractivity contribution in [2.24, 2.45) is 10.2 Å². The molecule has 2 aromatic rings. The van der Waals surface area contributed by atoms with Crippen LogP contribution in [0.15, 0.2) is 46.6 Å². The van der Waals surface area contributed by atoms with E-state index in [0.717, 1.165) is 57.3 Å². The molecule has 0 saturated carbocycles. The van der Waals surface area contributed by atoms with Crippen molar-refractivity contribution in [1.82, 2.24) is 9.88 Å². The van der Waals surface area contributed by atoms with Crippen LogP contribution < -0.4 is 9.64 Å². The quantitative estimate of drug-likeness (QED) is 0.648. The molecule has 31 heavy (non-hydrogen) atoms. The number of benzene rings is 1. The number of phenolic OH excluding ortho intramolecular Hbond substituents is 1. The van der Waals surface area contributed by atoms with E-state index in [1.54, 1.807) is 24.3 Å². The molecule has 9 heteroatoms. The van der Waals surface area contributed by atoms with Crippen LogP contribution in [0, 0.1) is 0 Å². The third kappa shape index (κ3) is 6.61. The van der Waals surface area contributed by atoms with Gasteiger partial charge in [0.1, 0.15) is 18.9 Å². The van der Waals surface area contributed by atoms with E-state index in [1.165, 1.54) is 0 Å². The molecule has 2 aliphatic rings. The minimum Gasteiger partial charge on any atom is -0.508 e. The molecule has 0 spiro atoms. The Morgan fingerprint density at radius 2 is 1.68 bits per heavy atom. The molecular weight excluding hydrogens is 398 g/mol. The van der Waals surface area contributed by atoms with Crippen LogP contribution in [-0.4, -0.2) is 80.7 Å². The third-order valence-corrected chi connectivity index (χ3v) is 5.25. The number of pyridine rings is 1. The lowest BCUT2D eigenvalue weighted by atomic mass is 10.2. The number of nitrogens with zero attached hydrogens (tertiary/aromatic N) is 5. The topological polar surface area (TPSA) is 92.0 Å². The fraction of sp³-hybridized carbons (Fsp3) is 0.500. The van der Waals surface area contributed by atoms with Gasteiger partial charge >= 0.3 is 0 Å². The molecule has 2 fully saturated rings. The van der Waals surface area contributed by atoms with Crippen LogP contribution in [0.1, 0.15) is 5.69 Å². The summed E-state index contributed by atoms with van der Waals surface area (Å²) in [7, 11) is 0. The fourth-order valence-electron chi connectivity index (χ4n) is 3.52. The number of rotatable bonds is 8. The zero-order valence-electron chi connectivity index (χ0n) is 17.7. The second-order valence-electron chi connectivity index (χ2n) is 7.47. The van der Waals surface area contributed by atoms with Crippen molar-refractivity contribution in [1.29, 1.82) is 0 Å². The van der Waals surface area contributed by atoms with Crippen molar-refractivity contribution in [2.75, 3.05) is 70.7 Å². The summed E-state index contributed by atoms with van der Waals surface area (Å²) in [6.07, 6.45) is 0. The Kier molecular flexibility index (Phi) is 7.65. The Morgan fingerprint density at radius 3 is 2.42 bits per heavy atom. The smallest absolute Gasteiger partial charge is 0.215 e. The number of phenols is 1. The average molecular weight is 428 g/mol. The first-order valence-electron chi connectivity index (χ1n) is 10.7. The number of azo groups is 1. The van der Waals surface area contributed by atoms with Gasteiger partial charge in [0.05, 0.1) is 37.8 Å². The fourth-order valence-corrected chi connectivity index (χ4v) is 3.52. The maximum Gasteiger partial charge on any atom is 0.215 e. The minimum atomic E-state index is 0.206. The molecule has 2 aliphatic heterocycles. The van der Waals surface area contributed by atoms with Crippen LogP contribution in [0.5, 0.6) is 11.6 Å². The first kappa shape index (κ1) is 21.5. The van der Waals surface area contributed by atoms with Crippen LogP contribution in [-0.2, 0) is 16.0 Å². The normalized spacial score (nSPS) is 17.9. The van der Waals surface area contributed by atoms with Crippen molar-refractivity contribution in [3.8, 4) is 11.6 Å². The average Bonchev–Trinajstić information content (AvgIpc) is 2.82. The zero-order chi connectivity index (χ0) is 21.3. The second kappa shape index (κ2) is 11.0. The van der Waals surface area contributed by atoms with Gasteiger partial charge < -0.3 is 24.2 Å². The summed E-state index contributed by atoms with van der Waals surface area (Å²) in [6.45, 7) is 8.31. The number of ether oxygens (including phenoxy) is 3. The lowest BCUT2D eigenvalue weighted by molar-refractivity contribution is 0.0320. The summed E-state index contributed by atoms with van der Waals surface area (Å²) in [5.74, 6) is 0.810. The summed E-state index contributed by atoms with van der Waals surface area (Å²) >= 11 is 0. The predicted octanol–water partition coefficient (Wildman–Crippen LogP) is 2.62. The van der Waals surface area contributed by atoms with E-state index in [9.17, 15) is 5.11 Å². The lowest BCUT2D eigenvalue weighted by Gasteiger charge is -2.29. The molecule has 166 valence electrons. The standard InChI is InChI=1S/C22H29N5O4/c28-21-3-1-18(2-4-21)25-23-17-19-15-20(27-8-12-30-13-9-27)16-22(24-19)31-14-7-26-5-10-29-11-6-26/h1-4,15-16,28H,5-14,17H2. The van der Waals surface area contributed by atoms with E-state index >= 15 is 0 Å². The maximum atomic E-state index is 9.38. The number of aromatic hydroxyl groups is 1. The molecule has 4 rings (SSSR count). The van der Waals surface area contributed by atoms with E-state index in [2.05, 4.69) is 25.0 Å². The molecule has 0 aliphatic carbocycles. The Hall–Kier alpha value is -2.75. The molecular formula is C22H29N5O4. The highest BCUT2D eigenvalue weighted by molar-refractivity contribution is 5.50. The van der Waals surface area contributed by atoms with Crippen LogP contribution in [0.25, 0.3) is 0 Å². The van der Waals surface area contributed by atoms with Crippen molar-refractivity contribution in [2.45, 2.75) is 6.54 Å². The monoisotopic (exact) mass is 427 g/mol. The Morgan fingerprint density at radius 1 is 0.968 bits per heavy atom. The Bertz CT molecular complexity index is 849. The number of hydrogen-bond donors (Lipinski definition) is 1. The number of morpholine rings is 2. The maximum absolute atomic E-state index is 9.38. The number of anilines is 1. The van der Waals surface area contributed by atoms with E-state index < -0.39 is 0 Å². The summed E-state index contributed by atoms with van der Waals surface area (Å²) in [6, 6.07) is 10.6. The van der Waals surface area contributed by atoms with Crippen LogP contribution in [0.4, 0.5) is 11.4 Å². The van der Waals surface area contributed by atoms with E-state index in [0.29, 0.717) is 37.9 Å². The predicted molar refractivity (Wildman–Crippen MR) is 116 cm³/mol. The molecule has 0 amide bonds. The molecule has 1 aromatic carbocycles. The van der Waals surface area contributed by atoms with Crippen molar-refractivity contribution >= 4 is 11.4 Å². The third-order valence-electron chi connectivity index (χ3n) is 5.25. The molecule has 0 bridgehead atoms. The summed E-state index contributed by atoms with van der Waals surface area (Å²) < 4.78 is 16.9. The first-order valence-corrected chi connectivity index (χ1v) is 10.7. The van der Waals surface area contributed by atoms with E-state index in [4.69, 9.17) is 14.2 Å². The van der Waals surface area contributed by atoms with Crippen molar-refractivity contribution in [3.63, 3.8) is 0 Å². The molecule has 1 N–H and O–H groups in total. The molecule has 1 aromatic heterocycles. The van der Waals surface area contributed by atoms with Gasteiger partial charge in [0.2, 0.25) is 5.88 Å². The van der Waals surface area contributed by atoms with Gasteiger partial charge in [-0.05, 0) is 30.3 Å². The molecule has 0 atom stereocenters. The molecule has 0 unspecified atom stereocenters. The van der Waals surface area contributed by atoms with Gasteiger partial charge in [0.25, 0.3) is 0 Å². The summed E-state index contributed by atoms with van der Waals surface area (Å²) in [4.78, 5) is 9.25.